The van der Waals surface area contributed by atoms with Crippen LogP contribution in [0.1, 0.15) is 32.3 Å². The van der Waals surface area contributed by atoms with Crippen molar-refractivity contribution in [2.75, 3.05) is 39.3 Å². The number of nitrogens with zero attached hydrogens (tertiary/aromatic N) is 3. The van der Waals surface area contributed by atoms with Gasteiger partial charge in [-0.2, -0.15) is 5.26 Å². The summed E-state index contributed by atoms with van der Waals surface area (Å²) < 4.78 is 5.83. The van der Waals surface area contributed by atoms with Gasteiger partial charge in [-0.3, -0.25) is 4.90 Å². The van der Waals surface area contributed by atoms with E-state index in [-0.39, 0.29) is 11.1 Å². The Labute approximate surface area is 146 Å². The van der Waals surface area contributed by atoms with Crippen molar-refractivity contribution in [2.45, 2.75) is 44.2 Å². The smallest absolute Gasteiger partial charge is 0.114 e. The summed E-state index contributed by atoms with van der Waals surface area (Å²) in [6.07, 6.45) is 2.74. The molecule has 0 saturated carbocycles. The van der Waals surface area contributed by atoms with Crippen LogP contribution in [0.15, 0.2) is 30.3 Å². The molecule has 1 aromatic carbocycles. The first kappa shape index (κ1) is 17.4. The van der Waals surface area contributed by atoms with Gasteiger partial charge in [-0.1, -0.05) is 30.3 Å². The molecule has 0 radical (unpaired) electrons. The van der Waals surface area contributed by atoms with Crippen LogP contribution < -0.4 is 0 Å². The standard InChI is InChI=1S/C20H29N3O/c1-19(2)16-20(17-21,9-15-24-19)23-13-11-22(12-14-23)10-8-18-6-4-3-5-7-18/h3-7H,8-16H2,1-2H3. The molecule has 4 heteroatoms. The summed E-state index contributed by atoms with van der Waals surface area (Å²) in [5.41, 5.74) is 0.866. The van der Waals surface area contributed by atoms with Crippen molar-refractivity contribution >= 4 is 0 Å². The largest absolute Gasteiger partial charge is 0.375 e. The molecule has 0 N–H and O–H groups in total. The molecule has 2 saturated heterocycles. The lowest BCUT2D eigenvalue weighted by atomic mass is 9.80. The first-order valence-electron chi connectivity index (χ1n) is 9.10. The highest BCUT2D eigenvalue weighted by molar-refractivity contribution is 5.15. The molecule has 1 unspecified atom stereocenters. The second-order valence-electron chi connectivity index (χ2n) is 7.74. The summed E-state index contributed by atoms with van der Waals surface area (Å²) in [4.78, 5) is 4.94. The molecule has 3 rings (SSSR count). The first-order valence-corrected chi connectivity index (χ1v) is 9.10. The van der Waals surface area contributed by atoms with Crippen LogP contribution in [0.3, 0.4) is 0 Å². The molecular weight excluding hydrogens is 298 g/mol. The van der Waals surface area contributed by atoms with E-state index in [1.54, 1.807) is 0 Å². The van der Waals surface area contributed by atoms with E-state index in [9.17, 15) is 5.26 Å². The third-order valence-corrected chi connectivity index (χ3v) is 5.47. The van der Waals surface area contributed by atoms with Crippen molar-refractivity contribution < 1.29 is 4.74 Å². The zero-order valence-electron chi connectivity index (χ0n) is 15.0. The molecule has 2 aliphatic heterocycles. The van der Waals surface area contributed by atoms with Crippen molar-refractivity contribution in [1.29, 1.82) is 5.26 Å². The van der Waals surface area contributed by atoms with Crippen LogP contribution >= 0.6 is 0 Å². The molecule has 1 atom stereocenters. The molecule has 130 valence electrons. The van der Waals surface area contributed by atoms with Gasteiger partial charge in [0.05, 0.1) is 18.3 Å². The Balaban J connectivity index is 1.53. The fourth-order valence-corrected chi connectivity index (χ4v) is 4.11. The van der Waals surface area contributed by atoms with Gasteiger partial charge in [-0.25, -0.2) is 0 Å². The van der Waals surface area contributed by atoms with Crippen LogP contribution in [0.4, 0.5) is 0 Å². The molecule has 4 nitrogen and oxygen atoms in total. The molecule has 24 heavy (non-hydrogen) atoms. The highest BCUT2D eigenvalue weighted by Crippen LogP contribution is 2.36. The number of hydrogen-bond donors (Lipinski definition) is 0. The quantitative estimate of drug-likeness (QED) is 0.852. The molecule has 0 spiro atoms. The summed E-state index contributed by atoms with van der Waals surface area (Å²) in [6, 6.07) is 13.3. The van der Waals surface area contributed by atoms with Crippen molar-refractivity contribution in [3.63, 3.8) is 0 Å². The van der Waals surface area contributed by atoms with Crippen LogP contribution in [0, 0.1) is 11.3 Å². The zero-order valence-corrected chi connectivity index (χ0v) is 15.0. The molecule has 0 bridgehead atoms. The second kappa shape index (κ2) is 7.23. The summed E-state index contributed by atoms with van der Waals surface area (Å²) in [7, 11) is 0. The SMILES string of the molecule is CC1(C)CC(C#N)(N2CCN(CCc3ccccc3)CC2)CCO1. The third-order valence-electron chi connectivity index (χ3n) is 5.47. The van der Waals surface area contributed by atoms with Gasteiger partial charge in [-0.15, -0.1) is 0 Å². The lowest BCUT2D eigenvalue weighted by Gasteiger charge is -2.49. The molecule has 2 heterocycles. The van der Waals surface area contributed by atoms with E-state index in [4.69, 9.17) is 4.74 Å². The van der Waals surface area contributed by atoms with Gasteiger partial charge < -0.3 is 9.64 Å². The Morgan fingerprint density at radius 2 is 1.83 bits per heavy atom. The van der Waals surface area contributed by atoms with E-state index < -0.39 is 0 Å². The molecule has 0 aliphatic carbocycles. The van der Waals surface area contributed by atoms with Crippen molar-refractivity contribution in [1.82, 2.24) is 9.80 Å². The Morgan fingerprint density at radius 1 is 1.12 bits per heavy atom. The Kier molecular flexibility index (Phi) is 5.24. The molecule has 1 aromatic rings. The van der Waals surface area contributed by atoms with Crippen molar-refractivity contribution in [2.24, 2.45) is 0 Å². The Hall–Kier alpha value is -1.41. The summed E-state index contributed by atoms with van der Waals surface area (Å²) >= 11 is 0. The topological polar surface area (TPSA) is 39.5 Å². The Morgan fingerprint density at radius 3 is 2.46 bits per heavy atom. The van der Waals surface area contributed by atoms with Crippen molar-refractivity contribution in [3.05, 3.63) is 35.9 Å². The highest BCUT2D eigenvalue weighted by atomic mass is 16.5. The lowest BCUT2D eigenvalue weighted by molar-refractivity contribution is -0.109. The van der Waals surface area contributed by atoms with E-state index in [0.29, 0.717) is 6.61 Å². The second-order valence-corrected chi connectivity index (χ2v) is 7.74. The Bertz CT molecular complexity index is 572. The van der Waals surface area contributed by atoms with E-state index in [2.05, 4.69) is 60.0 Å². The van der Waals surface area contributed by atoms with Crippen LogP contribution in [0.25, 0.3) is 0 Å². The molecular formula is C20H29N3O. The average Bonchev–Trinajstić information content (AvgIpc) is 2.60. The number of benzene rings is 1. The maximum atomic E-state index is 9.88. The highest BCUT2D eigenvalue weighted by Gasteiger charge is 2.46. The van der Waals surface area contributed by atoms with Gasteiger partial charge >= 0.3 is 0 Å². The number of nitriles is 1. The molecule has 2 aliphatic rings. The summed E-state index contributed by atoms with van der Waals surface area (Å²) in [6.45, 7) is 10.1. The minimum absolute atomic E-state index is 0.196. The van der Waals surface area contributed by atoms with Gasteiger partial charge in [0, 0.05) is 45.6 Å². The predicted molar refractivity (Wildman–Crippen MR) is 95.8 cm³/mol. The number of rotatable bonds is 4. The van der Waals surface area contributed by atoms with Gasteiger partial charge in [0.1, 0.15) is 5.54 Å². The third kappa shape index (κ3) is 3.97. The van der Waals surface area contributed by atoms with Crippen LogP contribution in [0.5, 0.6) is 0 Å². The minimum Gasteiger partial charge on any atom is -0.375 e. The van der Waals surface area contributed by atoms with E-state index >= 15 is 0 Å². The number of hydrogen-bond acceptors (Lipinski definition) is 4. The molecule has 0 amide bonds. The van der Waals surface area contributed by atoms with Crippen molar-refractivity contribution in [3.8, 4) is 6.07 Å². The fraction of sp³-hybridized carbons (Fsp3) is 0.650. The number of ether oxygens (including phenoxy) is 1. The van der Waals surface area contributed by atoms with E-state index in [1.807, 2.05) is 0 Å². The van der Waals surface area contributed by atoms with Gasteiger partial charge in [0.25, 0.3) is 0 Å². The maximum absolute atomic E-state index is 9.88. The number of piperazine rings is 1. The van der Waals surface area contributed by atoms with Crippen LogP contribution in [0.2, 0.25) is 0 Å². The average molecular weight is 327 g/mol. The molecule has 0 aromatic heterocycles. The van der Waals surface area contributed by atoms with Crippen LogP contribution in [-0.2, 0) is 11.2 Å². The lowest BCUT2D eigenvalue weighted by Crippen LogP contribution is -2.61. The normalized spacial score (nSPS) is 28.4. The zero-order chi connectivity index (χ0) is 17.0. The maximum Gasteiger partial charge on any atom is 0.114 e. The van der Waals surface area contributed by atoms with Gasteiger partial charge in [-0.05, 0) is 25.8 Å². The predicted octanol–water partition coefficient (Wildman–Crippen LogP) is 2.70. The van der Waals surface area contributed by atoms with Crippen LogP contribution in [-0.4, -0.2) is 60.3 Å². The summed E-state index contributed by atoms with van der Waals surface area (Å²) in [5.74, 6) is 0. The van der Waals surface area contributed by atoms with Gasteiger partial charge in [0.15, 0.2) is 0 Å². The van der Waals surface area contributed by atoms with E-state index in [1.165, 1.54) is 5.56 Å². The van der Waals surface area contributed by atoms with E-state index in [0.717, 1.165) is 52.0 Å². The van der Waals surface area contributed by atoms with Gasteiger partial charge in [0.2, 0.25) is 0 Å². The fourth-order valence-electron chi connectivity index (χ4n) is 4.11. The molecule has 2 fully saturated rings. The monoisotopic (exact) mass is 327 g/mol. The minimum atomic E-state index is -0.340. The first-order chi connectivity index (χ1) is 11.5. The summed E-state index contributed by atoms with van der Waals surface area (Å²) in [5, 5.41) is 9.88.